The number of ether oxygens (including phenoxy) is 3. The van der Waals surface area contributed by atoms with E-state index >= 15 is 0 Å². The van der Waals surface area contributed by atoms with Gasteiger partial charge in [0, 0.05) is 22.9 Å². The molecule has 6 nitrogen and oxygen atoms in total. The molecule has 0 aromatic heterocycles. The molecule has 0 saturated heterocycles. The molecule has 1 N–H and O–H groups in total. The SMILES string of the molecule is COc1ccc(C(C)=O)cc1CC(=O)Nc1ccc2c(c1)OC(F)(F)O2. The Morgan fingerprint density at radius 3 is 2.54 bits per heavy atom. The molecule has 0 aliphatic carbocycles. The van der Waals surface area contributed by atoms with Gasteiger partial charge in [0.05, 0.1) is 13.5 Å². The third-order valence-electron chi connectivity index (χ3n) is 3.72. The molecule has 8 heteroatoms. The quantitative estimate of drug-likeness (QED) is 0.824. The van der Waals surface area contributed by atoms with Gasteiger partial charge >= 0.3 is 6.29 Å². The van der Waals surface area contributed by atoms with Crippen LogP contribution in [0.4, 0.5) is 14.5 Å². The van der Waals surface area contributed by atoms with Gasteiger partial charge in [-0.05, 0) is 37.3 Å². The first-order chi connectivity index (χ1) is 12.3. The summed E-state index contributed by atoms with van der Waals surface area (Å²) in [6, 6.07) is 8.76. The highest BCUT2D eigenvalue weighted by Gasteiger charge is 2.43. The normalized spacial score (nSPS) is 14.0. The van der Waals surface area contributed by atoms with Crippen LogP contribution in [0.2, 0.25) is 0 Å². The van der Waals surface area contributed by atoms with E-state index in [-0.39, 0.29) is 29.4 Å². The minimum atomic E-state index is -3.72. The first-order valence-electron chi connectivity index (χ1n) is 7.65. The van der Waals surface area contributed by atoms with Crippen LogP contribution in [0.3, 0.4) is 0 Å². The second-order valence-corrected chi connectivity index (χ2v) is 5.64. The summed E-state index contributed by atoms with van der Waals surface area (Å²) in [4.78, 5) is 23.8. The number of Topliss-reactive ketones (excluding diaryl/α,β-unsaturated/α-hetero) is 1. The lowest BCUT2D eigenvalue weighted by Gasteiger charge is -2.10. The number of hydrogen-bond acceptors (Lipinski definition) is 5. The summed E-state index contributed by atoms with van der Waals surface area (Å²) in [5.74, 6) is -0.344. The summed E-state index contributed by atoms with van der Waals surface area (Å²) in [5.41, 5.74) is 1.26. The maximum Gasteiger partial charge on any atom is 0.586 e. The van der Waals surface area contributed by atoms with E-state index in [4.69, 9.17) is 4.74 Å². The number of amides is 1. The van der Waals surface area contributed by atoms with Crippen LogP contribution in [0.1, 0.15) is 22.8 Å². The van der Waals surface area contributed by atoms with E-state index in [1.54, 1.807) is 18.2 Å². The zero-order chi connectivity index (χ0) is 18.9. The van der Waals surface area contributed by atoms with Gasteiger partial charge in [0.25, 0.3) is 0 Å². The lowest BCUT2D eigenvalue weighted by Crippen LogP contribution is -2.25. The van der Waals surface area contributed by atoms with Crippen LogP contribution in [-0.2, 0) is 11.2 Å². The van der Waals surface area contributed by atoms with E-state index in [0.717, 1.165) is 0 Å². The predicted molar refractivity (Wildman–Crippen MR) is 88.0 cm³/mol. The van der Waals surface area contributed by atoms with E-state index < -0.39 is 12.2 Å². The highest BCUT2D eigenvalue weighted by Crippen LogP contribution is 2.42. The fourth-order valence-electron chi connectivity index (χ4n) is 2.54. The lowest BCUT2D eigenvalue weighted by atomic mass is 10.0. The first-order valence-corrected chi connectivity index (χ1v) is 7.65. The minimum Gasteiger partial charge on any atom is -0.496 e. The third kappa shape index (κ3) is 3.74. The van der Waals surface area contributed by atoms with Crippen LogP contribution in [0.5, 0.6) is 17.2 Å². The Hall–Kier alpha value is -3.16. The monoisotopic (exact) mass is 363 g/mol. The fraction of sp³-hybridized carbons (Fsp3) is 0.222. The van der Waals surface area contributed by atoms with Crippen molar-refractivity contribution < 1.29 is 32.6 Å². The molecular formula is C18H15F2NO5. The number of hydrogen-bond donors (Lipinski definition) is 1. The molecule has 1 amide bonds. The molecule has 0 unspecified atom stereocenters. The van der Waals surface area contributed by atoms with Crippen LogP contribution in [-0.4, -0.2) is 25.1 Å². The van der Waals surface area contributed by atoms with Gasteiger partial charge in [-0.3, -0.25) is 9.59 Å². The van der Waals surface area contributed by atoms with Crippen LogP contribution in [0.15, 0.2) is 36.4 Å². The van der Waals surface area contributed by atoms with Crippen molar-refractivity contribution in [2.24, 2.45) is 0 Å². The lowest BCUT2D eigenvalue weighted by molar-refractivity contribution is -0.286. The van der Waals surface area contributed by atoms with Crippen molar-refractivity contribution in [3.8, 4) is 17.2 Å². The molecule has 3 rings (SSSR count). The van der Waals surface area contributed by atoms with Crippen LogP contribution in [0.25, 0.3) is 0 Å². The Balaban J connectivity index is 1.74. The van der Waals surface area contributed by atoms with Gasteiger partial charge in [-0.1, -0.05) is 0 Å². The molecule has 0 fully saturated rings. The summed E-state index contributed by atoms with van der Waals surface area (Å²) < 4.78 is 39.9. The van der Waals surface area contributed by atoms with Crippen LogP contribution >= 0.6 is 0 Å². The van der Waals surface area contributed by atoms with E-state index in [0.29, 0.717) is 16.9 Å². The van der Waals surface area contributed by atoms with Gasteiger partial charge in [0.15, 0.2) is 17.3 Å². The Morgan fingerprint density at radius 2 is 1.85 bits per heavy atom. The standard InChI is InChI=1S/C18H15F2NO5/c1-10(22)11-3-5-14(24-2)12(7-11)8-17(23)21-13-4-6-15-16(9-13)26-18(19,20)25-15/h3-7,9H,8H2,1-2H3,(H,21,23). The number of carbonyl (C=O) groups is 2. The molecule has 1 aliphatic heterocycles. The predicted octanol–water partition coefficient (Wildman–Crippen LogP) is 3.40. The molecule has 0 bridgehead atoms. The number of methoxy groups -OCH3 is 1. The van der Waals surface area contributed by atoms with E-state index in [1.807, 2.05) is 0 Å². The minimum absolute atomic E-state index is 0.0606. The van der Waals surface area contributed by atoms with Gasteiger partial charge in [-0.15, -0.1) is 8.78 Å². The molecular weight excluding hydrogens is 348 g/mol. The van der Waals surface area contributed by atoms with Crippen molar-refractivity contribution in [3.63, 3.8) is 0 Å². The van der Waals surface area contributed by atoms with Crippen molar-refractivity contribution in [3.05, 3.63) is 47.5 Å². The zero-order valence-electron chi connectivity index (χ0n) is 14.0. The van der Waals surface area contributed by atoms with Gasteiger partial charge < -0.3 is 19.5 Å². The first kappa shape index (κ1) is 17.7. The Labute approximate surface area is 147 Å². The number of nitrogens with one attached hydrogen (secondary N) is 1. The highest BCUT2D eigenvalue weighted by atomic mass is 19.3. The van der Waals surface area contributed by atoms with Gasteiger partial charge in [-0.2, -0.15) is 0 Å². The maximum absolute atomic E-state index is 13.0. The summed E-state index contributed by atoms with van der Waals surface area (Å²) in [6.07, 6.45) is -3.78. The summed E-state index contributed by atoms with van der Waals surface area (Å²) in [6.45, 7) is 1.42. The Kier molecular flexibility index (Phi) is 4.50. The van der Waals surface area contributed by atoms with Crippen LogP contribution < -0.4 is 19.5 Å². The van der Waals surface area contributed by atoms with Gasteiger partial charge in [-0.25, -0.2) is 0 Å². The Morgan fingerprint density at radius 1 is 1.12 bits per heavy atom. The van der Waals surface area contributed by atoms with Crippen molar-refractivity contribution in [2.45, 2.75) is 19.6 Å². The fourth-order valence-corrected chi connectivity index (χ4v) is 2.54. The topological polar surface area (TPSA) is 73.9 Å². The molecule has 0 spiro atoms. The summed E-state index contributed by atoms with van der Waals surface area (Å²) >= 11 is 0. The molecule has 0 saturated carbocycles. The number of benzene rings is 2. The molecule has 26 heavy (non-hydrogen) atoms. The average Bonchev–Trinajstić information content (AvgIpc) is 2.87. The number of fused-ring (bicyclic) bond motifs is 1. The maximum atomic E-state index is 13.0. The molecule has 136 valence electrons. The van der Waals surface area contributed by atoms with Crippen molar-refractivity contribution >= 4 is 17.4 Å². The number of ketones is 1. The van der Waals surface area contributed by atoms with Crippen molar-refractivity contribution in [1.82, 2.24) is 0 Å². The Bertz CT molecular complexity index is 882. The average molecular weight is 363 g/mol. The largest absolute Gasteiger partial charge is 0.586 e. The molecule has 1 aliphatic rings. The second-order valence-electron chi connectivity index (χ2n) is 5.64. The zero-order valence-corrected chi connectivity index (χ0v) is 14.0. The van der Waals surface area contributed by atoms with E-state index in [9.17, 15) is 18.4 Å². The highest BCUT2D eigenvalue weighted by molar-refractivity contribution is 5.96. The smallest absolute Gasteiger partial charge is 0.496 e. The van der Waals surface area contributed by atoms with Gasteiger partial charge in [0.2, 0.25) is 5.91 Å². The van der Waals surface area contributed by atoms with Crippen LogP contribution in [0, 0.1) is 0 Å². The number of alkyl halides is 2. The van der Waals surface area contributed by atoms with E-state index in [1.165, 1.54) is 32.2 Å². The number of rotatable bonds is 5. The molecule has 2 aromatic carbocycles. The molecule has 0 radical (unpaired) electrons. The van der Waals surface area contributed by atoms with E-state index in [2.05, 4.69) is 14.8 Å². The summed E-state index contributed by atoms with van der Waals surface area (Å²) in [5, 5.41) is 2.59. The number of carbonyl (C=O) groups excluding carboxylic acids is 2. The molecule has 2 aromatic rings. The number of halogens is 2. The van der Waals surface area contributed by atoms with Gasteiger partial charge in [0.1, 0.15) is 5.75 Å². The third-order valence-corrected chi connectivity index (χ3v) is 3.72. The molecule has 1 heterocycles. The van der Waals surface area contributed by atoms with Crippen molar-refractivity contribution in [1.29, 1.82) is 0 Å². The molecule has 0 atom stereocenters. The second kappa shape index (κ2) is 6.62. The number of anilines is 1. The summed E-state index contributed by atoms with van der Waals surface area (Å²) in [7, 11) is 1.46. The van der Waals surface area contributed by atoms with Crippen molar-refractivity contribution in [2.75, 3.05) is 12.4 Å².